The molecule has 0 unspecified atom stereocenters. The van der Waals surface area contributed by atoms with Crippen LogP contribution in [-0.2, 0) is 0 Å². The van der Waals surface area contributed by atoms with Crippen LogP contribution in [0.5, 0.6) is 0 Å². The maximum absolute atomic E-state index is 2.45. The number of halogens is 1. The van der Waals surface area contributed by atoms with Crippen molar-refractivity contribution in [3.63, 3.8) is 0 Å². The molecule has 0 rings (SSSR count). The molecule has 96 valence electrons. The Morgan fingerprint density at radius 3 is 1.12 bits per heavy atom. The van der Waals surface area contributed by atoms with Crippen molar-refractivity contribution in [3.8, 4) is 0 Å². The van der Waals surface area contributed by atoms with Crippen molar-refractivity contribution in [3.05, 3.63) is 0 Å². The van der Waals surface area contributed by atoms with E-state index >= 15 is 0 Å². The minimum atomic E-state index is 0. The fourth-order valence-electron chi connectivity index (χ4n) is 1.95. The van der Waals surface area contributed by atoms with Gasteiger partial charge in [-0.1, -0.05) is 40.0 Å². The van der Waals surface area contributed by atoms with Gasteiger partial charge in [-0.25, -0.2) is 0 Å². The van der Waals surface area contributed by atoms with Crippen LogP contribution in [0.1, 0.15) is 59.3 Å². The van der Waals surface area contributed by atoms with E-state index < -0.39 is 0 Å². The van der Waals surface area contributed by atoms with E-state index in [1.54, 1.807) is 0 Å². The molecule has 0 spiro atoms. The Morgan fingerprint density at radius 1 is 0.688 bits per heavy atom. The molecule has 0 saturated heterocycles. The molecule has 0 heterocycles. The number of unbranched alkanes of at least 4 members (excludes halogenated alkanes) is 3. The molecule has 0 aromatic carbocycles. The van der Waals surface area contributed by atoms with Gasteiger partial charge in [-0.3, -0.25) is 0 Å². The number of nitrogens with zero attached hydrogens (tertiary/aromatic N) is 1. The monoisotopic (exact) mass is 260 g/mol. The molecule has 1 nitrogen and oxygen atoms in total. The molecule has 3 heteroatoms. The summed E-state index contributed by atoms with van der Waals surface area (Å²) < 4.78 is 1.32. The molecule has 0 aliphatic heterocycles. The van der Waals surface area contributed by atoms with Gasteiger partial charge in [-0.2, -0.15) is 0 Å². The van der Waals surface area contributed by atoms with E-state index in [2.05, 4.69) is 27.8 Å². The van der Waals surface area contributed by atoms with Gasteiger partial charge in [-0.15, -0.1) is 12.4 Å². The molecule has 0 aliphatic rings. The van der Waals surface area contributed by atoms with Crippen molar-refractivity contribution in [2.75, 3.05) is 26.7 Å². The summed E-state index contributed by atoms with van der Waals surface area (Å²) >= 11 is 0. The van der Waals surface area contributed by atoms with Crippen LogP contribution in [0, 0.1) is 0 Å². The number of quaternary nitrogens is 1. The predicted octanol–water partition coefficient (Wildman–Crippen LogP) is 3.61. The van der Waals surface area contributed by atoms with Crippen molar-refractivity contribution >= 4 is 42.0 Å². The molecule has 0 bridgehead atoms. The standard InChI is InChI=1S/C13H30N.ClH.Na.H/c1-5-8-11-14(4,12-9-6-2)13-10-7-3;;;/h5-13H2,1-4H3;1H;;/q+1;;;. The van der Waals surface area contributed by atoms with Crippen molar-refractivity contribution in [1.82, 2.24) is 0 Å². The summed E-state index contributed by atoms with van der Waals surface area (Å²) in [4.78, 5) is 0. The molecule has 0 aromatic heterocycles. The Balaban J connectivity index is -0.000000845. The summed E-state index contributed by atoms with van der Waals surface area (Å²) in [6.07, 6.45) is 8.20. The van der Waals surface area contributed by atoms with Gasteiger partial charge >= 0.3 is 29.6 Å². The third-order valence-electron chi connectivity index (χ3n) is 3.15. The van der Waals surface area contributed by atoms with Gasteiger partial charge in [0.2, 0.25) is 0 Å². The van der Waals surface area contributed by atoms with Crippen molar-refractivity contribution in [2.24, 2.45) is 0 Å². The topological polar surface area (TPSA) is 0 Å². The summed E-state index contributed by atoms with van der Waals surface area (Å²) in [5, 5.41) is 0. The van der Waals surface area contributed by atoms with E-state index in [4.69, 9.17) is 0 Å². The van der Waals surface area contributed by atoms with Gasteiger partial charge in [0.1, 0.15) is 0 Å². The average molecular weight is 261 g/mol. The summed E-state index contributed by atoms with van der Waals surface area (Å²) in [5.74, 6) is 0. The molecule has 0 amide bonds. The molecule has 0 fully saturated rings. The van der Waals surface area contributed by atoms with Crippen LogP contribution in [0.3, 0.4) is 0 Å². The summed E-state index contributed by atoms with van der Waals surface area (Å²) in [7, 11) is 2.45. The third-order valence-corrected chi connectivity index (χ3v) is 3.15. The second-order valence-electron chi connectivity index (χ2n) is 4.85. The molecule has 0 radical (unpaired) electrons. The Labute approximate surface area is 132 Å². The Hall–Kier alpha value is 1.25. The van der Waals surface area contributed by atoms with Gasteiger partial charge in [-0.05, 0) is 19.3 Å². The second kappa shape index (κ2) is 14.3. The number of hydrogen-bond acceptors (Lipinski definition) is 0. The minimum absolute atomic E-state index is 0. The first-order valence-corrected chi connectivity index (χ1v) is 6.52. The van der Waals surface area contributed by atoms with Gasteiger partial charge in [0.25, 0.3) is 0 Å². The normalized spacial score (nSPS) is 10.5. The molecule has 0 N–H and O–H groups in total. The molecular formula is C13H32ClNNa+. The van der Waals surface area contributed by atoms with Crippen molar-refractivity contribution < 1.29 is 4.48 Å². The van der Waals surface area contributed by atoms with E-state index in [-0.39, 0.29) is 42.0 Å². The Kier molecular flexibility index (Phi) is 20.1. The van der Waals surface area contributed by atoms with E-state index in [1.807, 2.05) is 0 Å². The van der Waals surface area contributed by atoms with E-state index in [1.165, 1.54) is 62.6 Å². The van der Waals surface area contributed by atoms with Gasteiger partial charge < -0.3 is 4.48 Å². The summed E-state index contributed by atoms with van der Waals surface area (Å²) in [6, 6.07) is 0. The van der Waals surface area contributed by atoms with Gasteiger partial charge in [0, 0.05) is 0 Å². The second-order valence-corrected chi connectivity index (χ2v) is 4.85. The first-order valence-electron chi connectivity index (χ1n) is 6.52. The zero-order valence-corrected chi connectivity index (χ0v) is 12.0. The summed E-state index contributed by atoms with van der Waals surface area (Å²) in [5.41, 5.74) is 0. The van der Waals surface area contributed by atoms with E-state index in [0.29, 0.717) is 0 Å². The Bertz CT molecular complexity index is 109. The van der Waals surface area contributed by atoms with Crippen LogP contribution < -0.4 is 0 Å². The van der Waals surface area contributed by atoms with Gasteiger partial charge in [0.15, 0.2) is 0 Å². The predicted molar refractivity (Wildman–Crippen MR) is 79.9 cm³/mol. The van der Waals surface area contributed by atoms with Crippen molar-refractivity contribution in [2.45, 2.75) is 59.3 Å². The molecule has 16 heavy (non-hydrogen) atoms. The molecule has 0 saturated carbocycles. The number of hydrogen-bond donors (Lipinski definition) is 0. The zero-order valence-electron chi connectivity index (χ0n) is 11.2. The van der Waals surface area contributed by atoms with Crippen LogP contribution in [-0.4, -0.2) is 60.7 Å². The quantitative estimate of drug-likeness (QED) is 0.439. The van der Waals surface area contributed by atoms with Crippen LogP contribution in [0.25, 0.3) is 0 Å². The van der Waals surface area contributed by atoms with Crippen LogP contribution in [0.4, 0.5) is 0 Å². The average Bonchev–Trinajstić information content (AvgIpc) is 2.21. The van der Waals surface area contributed by atoms with Crippen LogP contribution in [0.2, 0.25) is 0 Å². The first kappa shape index (κ1) is 22.4. The molecular weight excluding hydrogens is 229 g/mol. The van der Waals surface area contributed by atoms with Gasteiger partial charge in [0.05, 0.1) is 26.7 Å². The SMILES string of the molecule is CCCC[N+](C)(CCCC)CCCC.Cl.[NaH]. The van der Waals surface area contributed by atoms with Crippen LogP contribution >= 0.6 is 12.4 Å². The molecule has 0 aromatic rings. The third kappa shape index (κ3) is 11.7. The fourth-order valence-corrected chi connectivity index (χ4v) is 1.95. The Morgan fingerprint density at radius 2 is 0.938 bits per heavy atom. The van der Waals surface area contributed by atoms with Crippen LogP contribution in [0.15, 0.2) is 0 Å². The number of rotatable bonds is 9. The zero-order chi connectivity index (χ0) is 10.9. The first-order chi connectivity index (χ1) is 6.68. The van der Waals surface area contributed by atoms with Crippen molar-refractivity contribution in [1.29, 1.82) is 0 Å². The molecule has 0 atom stereocenters. The summed E-state index contributed by atoms with van der Waals surface area (Å²) in [6.45, 7) is 11.0. The fraction of sp³-hybridized carbons (Fsp3) is 1.00. The maximum atomic E-state index is 2.45. The molecule has 0 aliphatic carbocycles. The van der Waals surface area contributed by atoms with E-state index in [9.17, 15) is 0 Å². The van der Waals surface area contributed by atoms with E-state index in [0.717, 1.165) is 0 Å².